The Bertz CT molecular complexity index is 563. The third-order valence-electron chi connectivity index (χ3n) is 3.09. The lowest BCUT2D eigenvalue weighted by Crippen LogP contribution is -2.25. The lowest BCUT2D eigenvalue weighted by atomic mass is 10.2. The van der Waals surface area contributed by atoms with Gasteiger partial charge in [-0.15, -0.1) is 11.3 Å². The number of carbonyl (C=O) groups excluding carboxylic acids is 1. The van der Waals surface area contributed by atoms with Crippen LogP contribution in [0.5, 0.6) is 0 Å². The lowest BCUT2D eigenvalue weighted by molar-refractivity contribution is -0.120. The molecule has 2 aromatic rings. The highest BCUT2D eigenvalue weighted by Gasteiger charge is 2.12. The van der Waals surface area contributed by atoms with Crippen molar-refractivity contribution >= 4 is 17.2 Å². The highest BCUT2D eigenvalue weighted by atomic mass is 32.1. The fourth-order valence-corrected chi connectivity index (χ4v) is 2.98. The molecule has 0 saturated carbocycles. The van der Waals surface area contributed by atoms with Gasteiger partial charge in [0.25, 0.3) is 0 Å². The molecule has 1 aromatic heterocycles. The molecule has 0 radical (unpaired) electrons. The maximum Gasteiger partial charge on any atom is 0.225 e. The summed E-state index contributed by atoms with van der Waals surface area (Å²) in [5.74, 6) is 0.0878. The van der Waals surface area contributed by atoms with Crippen LogP contribution in [0.25, 0.3) is 10.6 Å². The van der Waals surface area contributed by atoms with E-state index < -0.39 is 0 Å². The number of aryl methyl sites for hydroxylation is 1. The molecular weight excluding hydrogens is 268 g/mol. The molecule has 0 saturated heterocycles. The Balaban J connectivity index is 2.03. The fraction of sp³-hybridized carbons (Fsp3) is 0.375. The standard InChI is InChI=1S/C16H20N2OS/c1-3-4-10-17-15(19)11-14-12(2)18-16(20-14)13-8-6-5-7-9-13/h5-9H,3-4,10-11H2,1-2H3,(H,17,19). The number of rotatable bonds is 6. The summed E-state index contributed by atoms with van der Waals surface area (Å²) in [5.41, 5.74) is 2.07. The molecule has 3 nitrogen and oxygen atoms in total. The van der Waals surface area contributed by atoms with Crippen LogP contribution < -0.4 is 5.32 Å². The normalized spacial score (nSPS) is 10.5. The Kier molecular flexibility index (Phi) is 5.30. The van der Waals surface area contributed by atoms with Crippen molar-refractivity contribution in [3.8, 4) is 10.6 Å². The molecule has 106 valence electrons. The molecule has 20 heavy (non-hydrogen) atoms. The van der Waals surface area contributed by atoms with Crippen LogP contribution in [0.15, 0.2) is 30.3 Å². The minimum atomic E-state index is 0.0878. The van der Waals surface area contributed by atoms with E-state index in [1.54, 1.807) is 11.3 Å². The van der Waals surface area contributed by atoms with Crippen molar-refractivity contribution in [2.45, 2.75) is 33.1 Å². The second kappa shape index (κ2) is 7.20. The molecule has 1 N–H and O–H groups in total. The van der Waals surface area contributed by atoms with E-state index in [0.717, 1.165) is 40.5 Å². The van der Waals surface area contributed by atoms with E-state index in [9.17, 15) is 4.79 Å². The summed E-state index contributed by atoms with van der Waals surface area (Å²) in [7, 11) is 0. The van der Waals surface area contributed by atoms with Crippen LogP contribution in [-0.2, 0) is 11.2 Å². The van der Waals surface area contributed by atoms with E-state index in [2.05, 4.69) is 17.2 Å². The van der Waals surface area contributed by atoms with Gasteiger partial charge in [0.1, 0.15) is 5.01 Å². The van der Waals surface area contributed by atoms with Gasteiger partial charge in [-0.2, -0.15) is 0 Å². The number of unbranched alkanes of at least 4 members (excludes halogenated alkanes) is 1. The van der Waals surface area contributed by atoms with Gasteiger partial charge in [-0.25, -0.2) is 4.98 Å². The molecule has 0 bridgehead atoms. The van der Waals surface area contributed by atoms with Crippen LogP contribution in [0.2, 0.25) is 0 Å². The topological polar surface area (TPSA) is 42.0 Å². The predicted octanol–water partition coefficient (Wildman–Crippen LogP) is 3.58. The quantitative estimate of drug-likeness (QED) is 0.826. The van der Waals surface area contributed by atoms with Crippen molar-refractivity contribution in [3.05, 3.63) is 40.9 Å². The first-order valence-electron chi connectivity index (χ1n) is 6.99. The average Bonchev–Trinajstić information content (AvgIpc) is 2.81. The molecule has 1 aromatic carbocycles. The highest BCUT2D eigenvalue weighted by molar-refractivity contribution is 7.15. The van der Waals surface area contributed by atoms with E-state index in [1.165, 1.54) is 0 Å². The summed E-state index contributed by atoms with van der Waals surface area (Å²) >= 11 is 1.61. The number of nitrogens with zero attached hydrogens (tertiary/aromatic N) is 1. The second-order valence-electron chi connectivity index (χ2n) is 4.77. The van der Waals surface area contributed by atoms with Crippen molar-refractivity contribution in [3.63, 3.8) is 0 Å². The largest absolute Gasteiger partial charge is 0.356 e. The summed E-state index contributed by atoms with van der Waals surface area (Å²) in [6, 6.07) is 10.1. The van der Waals surface area contributed by atoms with Gasteiger partial charge in [0, 0.05) is 17.0 Å². The maximum atomic E-state index is 11.9. The molecule has 2 rings (SSSR count). The van der Waals surface area contributed by atoms with Crippen molar-refractivity contribution in [2.75, 3.05) is 6.54 Å². The number of aromatic nitrogens is 1. The highest BCUT2D eigenvalue weighted by Crippen LogP contribution is 2.27. The summed E-state index contributed by atoms with van der Waals surface area (Å²) < 4.78 is 0. The zero-order chi connectivity index (χ0) is 14.4. The van der Waals surface area contributed by atoms with Crippen LogP contribution in [0.4, 0.5) is 0 Å². The molecule has 1 heterocycles. The molecule has 1 amide bonds. The first-order valence-corrected chi connectivity index (χ1v) is 7.80. The molecular formula is C16H20N2OS. The summed E-state index contributed by atoms with van der Waals surface area (Å²) in [5, 5.41) is 3.93. The van der Waals surface area contributed by atoms with Crippen LogP contribution in [0.1, 0.15) is 30.3 Å². The molecule has 0 aliphatic carbocycles. The number of amides is 1. The smallest absolute Gasteiger partial charge is 0.225 e. The third kappa shape index (κ3) is 3.90. The van der Waals surface area contributed by atoms with Gasteiger partial charge >= 0.3 is 0 Å². The maximum absolute atomic E-state index is 11.9. The van der Waals surface area contributed by atoms with Gasteiger partial charge in [0.15, 0.2) is 0 Å². The fourth-order valence-electron chi connectivity index (χ4n) is 1.91. The number of hydrogen-bond acceptors (Lipinski definition) is 3. The molecule has 4 heteroatoms. The van der Waals surface area contributed by atoms with Gasteiger partial charge in [-0.05, 0) is 13.3 Å². The average molecular weight is 288 g/mol. The van der Waals surface area contributed by atoms with Crippen LogP contribution >= 0.6 is 11.3 Å². The number of nitrogens with one attached hydrogen (secondary N) is 1. The molecule has 0 aliphatic rings. The van der Waals surface area contributed by atoms with Crippen LogP contribution in [0.3, 0.4) is 0 Å². The molecule has 0 atom stereocenters. The number of thiazole rings is 1. The minimum Gasteiger partial charge on any atom is -0.356 e. The van der Waals surface area contributed by atoms with Gasteiger partial charge in [0.05, 0.1) is 12.1 Å². The van der Waals surface area contributed by atoms with Gasteiger partial charge in [-0.1, -0.05) is 43.7 Å². The summed E-state index contributed by atoms with van der Waals surface area (Å²) in [6.07, 6.45) is 2.56. The zero-order valence-corrected chi connectivity index (χ0v) is 12.8. The van der Waals surface area contributed by atoms with Crippen LogP contribution in [0, 0.1) is 6.92 Å². The second-order valence-corrected chi connectivity index (χ2v) is 5.86. The monoisotopic (exact) mass is 288 g/mol. The van der Waals surface area contributed by atoms with Crippen molar-refractivity contribution in [1.82, 2.24) is 10.3 Å². The lowest BCUT2D eigenvalue weighted by Gasteiger charge is -2.02. The Morgan fingerprint density at radius 2 is 2.05 bits per heavy atom. The summed E-state index contributed by atoms with van der Waals surface area (Å²) in [6.45, 7) is 4.85. The van der Waals surface area contributed by atoms with E-state index in [-0.39, 0.29) is 5.91 Å². The van der Waals surface area contributed by atoms with Crippen molar-refractivity contribution < 1.29 is 4.79 Å². The molecule has 0 unspecified atom stereocenters. The number of benzene rings is 1. The van der Waals surface area contributed by atoms with Gasteiger partial charge in [-0.3, -0.25) is 4.79 Å². The van der Waals surface area contributed by atoms with Gasteiger partial charge in [0.2, 0.25) is 5.91 Å². The summed E-state index contributed by atoms with van der Waals surface area (Å²) in [4.78, 5) is 17.5. The minimum absolute atomic E-state index is 0.0878. The van der Waals surface area contributed by atoms with E-state index in [4.69, 9.17) is 0 Å². The Labute approximate surface area is 124 Å². The van der Waals surface area contributed by atoms with E-state index in [0.29, 0.717) is 6.42 Å². The first kappa shape index (κ1) is 14.7. The van der Waals surface area contributed by atoms with Crippen molar-refractivity contribution in [2.24, 2.45) is 0 Å². The molecule has 0 spiro atoms. The molecule has 0 fully saturated rings. The predicted molar refractivity (Wildman–Crippen MR) is 83.9 cm³/mol. The number of carbonyl (C=O) groups is 1. The Hall–Kier alpha value is -1.68. The Morgan fingerprint density at radius 1 is 1.30 bits per heavy atom. The Morgan fingerprint density at radius 3 is 2.75 bits per heavy atom. The molecule has 0 aliphatic heterocycles. The van der Waals surface area contributed by atoms with Crippen molar-refractivity contribution in [1.29, 1.82) is 0 Å². The SMILES string of the molecule is CCCCNC(=O)Cc1sc(-c2ccccc2)nc1C. The number of hydrogen-bond donors (Lipinski definition) is 1. The van der Waals surface area contributed by atoms with Gasteiger partial charge < -0.3 is 5.32 Å². The van der Waals surface area contributed by atoms with Crippen LogP contribution in [-0.4, -0.2) is 17.4 Å². The third-order valence-corrected chi connectivity index (χ3v) is 4.29. The zero-order valence-electron chi connectivity index (χ0n) is 12.0. The first-order chi connectivity index (χ1) is 9.70. The van der Waals surface area contributed by atoms with E-state index >= 15 is 0 Å². The van der Waals surface area contributed by atoms with E-state index in [1.807, 2.05) is 37.3 Å².